The van der Waals surface area contributed by atoms with Gasteiger partial charge in [-0.3, -0.25) is 0 Å². The van der Waals surface area contributed by atoms with Crippen LogP contribution in [-0.4, -0.2) is 48.5 Å². The first-order chi connectivity index (χ1) is 14.3. The number of nitrogens with zero attached hydrogens (tertiary/aromatic N) is 3. The molecule has 11 heteroatoms. The van der Waals surface area contributed by atoms with Gasteiger partial charge >= 0.3 is 12.4 Å². The zero-order chi connectivity index (χ0) is 21.6. The van der Waals surface area contributed by atoms with Crippen LogP contribution in [0.4, 0.5) is 35.4 Å². The number of ether oxygens (including phenoxy) is 1. The monoisotopic (exact) mass is 424 g/mol. The fourth-order valence-corrected chi connectivity index (χ4v) is 3.00. The Morgan fingerprint density at radius 3 is 2.50 bits per heavy atom. The van der Waals surface area contributed by atoms with E-state index in [9.17, 15) is 18.0 Å². The summed E-state index contributed by atoms with van der Waals surface area (Å²) in [6.45, 7) is 4.59. The predicted molar refractivity (Wildman–Crippen MR) is 107 cm³/mol. The minimum absolute atomic E-state index is 0.303. The van der Waals surface area contributed by atoms with E-state index >= 15 is 0 Å². The molecule has 1 aliphatic rings. The van der Waals surface area contributed by atoms with Gasteiger partial charge < -0.3 is 25.6 Å². The van der Waals surface area contributed by atoms with Crippen LogP contribution in [0, 0.1) is 6.92 Å². The first-order valence-electron chi connectivity index (χ1n) is 9.54. The highest BCUT2D eigenvalue weighted by molar-refractivity contribution is 5.89. The third kappa shape index (κ3) is 6.68. The second-order valence-corrected chi connectivity index (χ2v) is 6.77. The standard InChI is InChI=1S/C19H23F3N6O2/c1-13-12-16(28-10-2-3-11-28)27-17(25-13)23-8-9-24-18(29)26-14-4-6-15(7-5-14)30-19(20,21)22/h4-7,12H,2-3,8-11H2,1H3,(H,23,25,27)(H2,24,26,29). The van der Waals surface area contributed by atoms with Gasteiger partial charge in [0, 0.05) is 43.6 Å². The van der Waals surface area contributed by atoms with Gasteiger partial charge in [0.2, 0.25) is 5.95 Å². The van der Waals surface area contributed by atoms with Crippen molar-refractivity contribution >= 4 is 23.5 Å². The number of hydrogen-bond acceptors (Lipinski definition) is 6. The van der Waals surface area contributed by atoms with Gasteiger partial charge in [-0.25, -0.2) is 9.78 Å². The van der Waals surface area contributed by atoms with Crippen molar-refractivity contribution in [2.24, 2.45) is 0 Å². The van der Waals surface area contributed by atoms with Crippen LogP contribution in [0.5, 0.6) is 5.75 Å². The summed E-state index contributed by atoms with van der Waals surface area (Å²) < 4.78 is 40.2. The van der Waals surface area contributed by atoms with Gasteiger partial charge in [-0.15, -0.1) is 13.2 Å². The molecule has 2 amide bonds. The molecule has 1 fully saturated rings. The summed E-state index contributed by atoms with van der Waals surface area (Å²) in [7, 11) is 0. The van der Waals surface area contributed by atoms with Crippen molar-refractivity contribution in [2.75, 3.05) is 41.7 Å². The quantitative estimate of drug-likeness (QED) is 0.589. The van der Waals surface area contributed by atoms with Gasteiger partial charge in [-0.05, 0) is 44.0 Å². The number of carbonyl (C=O) groups is 1. The highest BCUT2D eigenvalue weighted by Crippen LogP contribution is 2.24. The Morgan fingerprint density at radius 2 is 1.83 bits per heavy atom. The summed E-state index contributed by atoms with van der Waals surface area (Å²) >= 11 is 0. The van der Waals surface area contributed by atoms with Crippen molar-refractivity contribution in [1.82, 2.24) is 15.3 Å². The summed E-state index contributed by atoms with van der Waals surface area (Å²) in [5, 5.41) is 8.27. The molecule has 0 radical (unpaired) electrons. The van der Waals surface area contributed by atoms with Crippen LogP contribution in [0.15, 0.2) is 30.3 Å². The second kappa shape index (κ2) is 9.51. The molecule has 2 heterocycles. The Labute approximate surface area is 171 Å². The van der Waals surface area contributed by atoms with E-state index in [1.807, 2.05) is 13.0 Å². The fourth-order valence-electron chi connectivity index (χ4n) is 3.00. The minimum Gasteiger partial charge on any atom is -0.406 e. The van der Waals surface area contributed by atoms with Crippen molar-refractivity contribution in [1.29, 1.82) is 0 Å². The van der Waals surface area contributed by atoms with Gasteiger partial charge in [0.15, 0.2) is 0 Å². The molecular weight excluding hydrogens is 401 g/mol. The van der Waals surface area contributed by atoms with Crippen LogP contribution in [0.2, 0.25) is 0 Å². The number of carbonyl (C=O) groups excluding carboxylic acids is 1. The summed E-state index contributed by atoms with van der Waals surface area (Å²) in [4.78, 5) is 23.0. The molecule has 0 aliphatic carbocycles. The lowest BCUT2D eigenvalue weighted by molar-refractivity contribution is -0.274. The smallest absolute Gasteiger partial charge is 0.406 e. The molecule has 162 valence electrons. The van der Waals surface area contributed by atoms with E-state index in [4.69, 9.17) is 0 Å². The van der Waals surface area contributed by atoms with E-state index in [0.29, 0.717) is 24.7 Å². The van der Waals surface area contributed by atoms with Crippen LogP contribution in [-0.2, 0) is 0 Å². The van der Waals surface area contributed by atoms with Gasteiger partial charge in [-0.1, -0.05) is 0 Å². The van der Waals surface area contributed by atoms with Gasteiger partial charge in [0.1, 0.15) is 11.6 Å². The highest BCUT2D eigenvalue weighted by Gasteiger charge is 2.30. The van der Waals surface area contributed by atoms with Crippen molar-refractivity contribution in [3.05, 3.63) is 36.0 Å². The summed E-state index contributed by atoms with van der Waals surface area (Å²) in [5.74, 6) is 1.04. The molecule has 0 unspecified atom stereocenters. The number of nitrogens with one attached hydrogen (secondary N) is 3. The number of aryl methyl sites for hydroxylation is 1. The molecule has 0 bridgehead atoms. The third-order valence-corrected chi connectivity index (χ3v) is 4.31. The van der Waals surface area contributed by atoms with E-state index in [1.165, 1.54) is 12.1 Å². The van der Waals surface area contributed by atoms with E-state index in [1.54, 1.807) is 0 Å². The van der Waals surface area contributed by atoms with Gasteiger partial charge in [0.25, 0.3) is 0 Å². The highest BCUT2D eigenvalue weighted by atomic mass is 19.4. The van der Waals surface area contributed by atoms with Crippen molar-refractivity contribution in [3.63, 3.8) is 0 Å². The number of amides is 2. The molecule has 1 aromatic carbocycles. The van der Waals surface area contributed by atoms with Crippen LogP contribution in [0.25, 0.3) is 0 Å². The Bertz CT molecular complexity index is 854. The Kier molecular flexibility index (Phi) is 6.80. The topological polar surface area (TPSA) is 91.4 Å². The number of anilines is 3. The largest absolute Gasteiger partial charge is 0.573 e. The van der Waals surface area contributed by atoms with Gasteiger partial charge in [-0.2, -0.15) is 4.98 Å². The maximum atomic E-state index is 12.2. The Morgan fingerprint density at radius 1 is 1.13 bits per heavy atom. The van der Waals surface area contributed by atoms with Crippen LogP contribution in [0.3, 0.4) is 0 Å². The lowest BCUT2D eigenvalue weighted by atomic mass is 10.3. The van der Waals surface area contributed by atoms with Crippen molar-refractivity contribution < 1.29 is 22.7 Å². The third-order valence-electron chi connectivity index (χ3n) is 4.31. The molecule has 2 aromatic rings. The molecule has 1 aliphatic heterocycles. The summed E-state index contributed by atoms with van der Waals surface area (Å²) in [6.07, 6.45) is -2.44. The first-order valence-corrected chi connectivity index (χ1v) is 9.54. The molecule has 0 atom stereocenters. The van der Waals surface area contributed by atoms with E-state index in [0.717, 1.165) is 49.6 Å². The molecule has 0 spiro atoms. The van der Waals surface area contributed by atoms with E-state index < -0.39 is 12.4 Å². The van der Waals surface area contributed by atoms with Crippen LogP contribution in [0.1, 0.15) is 18.5 Å². The molecule has 8 nitrogen and oxygen atoms in total. The Hall–Kier alpha value is -3.24. The maximum absolute atomic E-state index is 12.2. The summed E-state index contributed by atoms with van der Waals surface area (Å²) in [6, 6.07) is 6.35. The average molecular weight is 424 g/mol. The molecule has 3 rings (SSSR count). The number of urea groups is 1. The molecule has 1 aromatic heterocycles. The average Bonchev–Trinajstić information content (AvgIpc) is 3.20. The zero-order valence-electron chi connectivity index (χ0n) is 16.4. The summed E-state index contributed by atoms with van der Waals surface area (Å²) in [5.41, 5.74) is 1.20. The number of aromatic nitrogens is 2. The predicted octanol–water partition coefficient (Wildman–Crippen LogP) is 3.52. The number of alkyl halides is 3. The number of rotatable bonds is 7. The first kappa shape index (κ1) is 21.5. The lowest BCUT2D eigenvalue weighted by Crippen LogP contribution is -2.33. The zero-order valence-corrected chi connectivity index (χ0v) is 16.4. The van der Waals surface area contributed by atoms with E-state index in [-0.39, 0.29) is 5.75 Å². The second-order valence-electron chi connectivity index (χ2n) is 6.77. The van der Waals surface area contributed by atoms with E-state index in [2.05, 4.69) is 35.6 Å². The SMILES string of the molecule is Cc1cc(N2CCCC2)nc(NCCNC(=O)Nc2ccc(OC(F)(F)F)cc2)n1. The molecular formula is C19H23F3N6O2. The minimum atomic E-state index is -4.75. The molecule has 3 N–H and O–H groups in total. The number of benzene rings is 1. The van der Waals surface area contributed by atoms with Crippen molar-refractivity contribution in [2.45, 2.75) is 26.1 Å². The molecule has 1 saturated heterocycles. The van der Waals surface area contributed by atoms with Crippen LogP contribution >= 0.6 is 0 Å². The normalized spacial score (nSPS) is 13.8. The molecule has 0 saturated carbocycles. The number of hydrogen-bond donors (Lipinski definition) is 3. The van der Waals surface area contributed by atoms with Gasteiger partial charge in [0.05, 0.1) is 0 Å². The lowest BCUT2D eigenvalue weighted by Gasteiger charge is -2.17. The van der Waals surface area contributed by atoms with Crippen LogP contribution < -0.4 is 25.6 Å². The maximum Gasteiger partial charge on any atom is 0.573 e. The number of halogens is 3. The van der Waals surface area contributed by atoms with Crippen molar-refractivity contribution in [3.8, 4) is 5.75 Å². The fraction of sp³-hybridized carbons (Fsp3) is 0.421. The Balaban J connectivity index is 1.41. The molecule has 30 heavy (non-hydrogen) atoms.